The molecule has 0 radical (unpaired) electrons. The molecule has 94 heavy (non-hydrogen) atoms. The van der Waals surface area contributed by atoms with E-state index < -0.39 is 195 Å². The second-order valence-corrected chi connectivity index (χ2v) is 22.6. The van der Waals surface area contributed by atoms with E-state index in [0.717, 1.165) is 36.0 Å². The Labute approximate surface area is 542 Å². The summed E-state index contributed by atoms with van der Waals surface area (Å²) in [5.74, 6) is 1.73. The van der Waals surface area contributed by atoms with Gasteiger partial charge in [-0.25, -0.2) is 0 Å². The van der Waals surface area contributed by atoms with Crippen LogP contribution in [0.15, 0.2) is 119 Å². The molecular weight excluding hydrogens is 1400 g/mol. The smallest absolute Gasteiger partial charge is 0.382 e. The number of hydrogen-bond acceptors (Lipinski definition) is 3. The van der Waals surface area contributed by atoms with Crippen molar-refractivity contribution in [1.29, 1.82) is 0 Å². The summed E-state index contributed by atoms with van der Waals surface area (Å²) >= 11 is 0. The zero-order valence-corrected chi connectivity index (χ0v) is 53.9. The minimum atomic E-state index is -6.13. The molecule has 3 nitrogen and oxygen atoms in total. The number of halogens is 24. The normalized spacial score (nSPS) is 13.4. The molecule has 0 atom stereocenters. The van der Waals surface area contributed by atoms with E-state index in [1.54, 1.807) is 0 Å². The Hall–Kier alpha value is -6.33. The van der Waals surface area contributed by atoms with Gasteiger partial charge >= 0.3 is 69.8 Å². The Morgan fingerprint density at radius 1 is 0.330 bits per heavy atom. The summed E-state index contributed by atoms with van der Waals surface area (Å²) in [5, 5.41) is 0. The maximum atomic E-state index is 14.2. The molecule has 0 amide bonds. The maximum absolute atomic E-state index is 14.2. The second kappa shape index (κ2) is 31.2. The van der Waals surface area contributed by atoms with Crippen molar-refractivity contribution in [2.45, 2.75) is 156 Å². The molecule has 6 aromatic carbocycles. The minimum Gasteiger partial charge on any atom is -0.382 e. The van der Waals surface area contributed by atoms with Crippen LogP contribution in [0.4, 0.5) is 117 Å². The van der Waals surface area contributed by atoms with Gasteiger partial charge in [-0.2, -0.15) is 127 Å². The molecular formula is C65H65BF24N2OPd. The van der Waals surface area contributed by atoms with Crippen LogP contribution in [0.5, 0.6) is 0 Å². The number of ether oxygens (including phenoxy) is 1. The van der Waals surface area contributed by atoms with Crippen molar-refractivity contribution in [3.8, 4) is 0 Å². The Bertz CT molecular complexity index is 3010. The van der Waals surface area contributed by atoms with Gasteiger partial charge in [-0.05, 0) is 97.9 Å². The first-order valence-electron chi connectivity index (χ1n) is 28.0. The van der Waals surface area contributed by atoms with Gasteiger partial charge in [-0.3, -0.25) is 9.98 Å². The summed E-state index contributed by atoms with van der Waals surface area (Å²) in [4.78, 5) is 10.3. The van der Waals surface area contributed by atoms with Crippen molar-refractivity contribution >= 4 is 50.8 Å². The van der Waals surface area contributed by atoms with Crippen LogP contribution in [0, 0.1) is 7.43 Å². The standard InChI is InChI=1S/C32H12BF24.C28H40N2.C4H10O.CH3.Pd/c34-25(35,36)13-1-14(26(37,38)39)6-21(5-13)33(22-7-15(27(40,41)42)2-16(8-22)28(43,44)45,23-9-17(29(46,47)48)3-18(10-23)30(49,50)51)24-11-19(31(52,53)54)4-20(12-24)32(55,56)57;1-17(2)23-13-11-14-24(18(3)4)27(23)29-21(9)22(10)30-28-25(19(5)6)15-12-16-26(28)20(7)8;1-3-5-4-2;;/h1-12H;11-20H,1-10H3;3-4H2,1-2H3;1H3;/q-1;;;-1;+2. The van der Waals surface area contributed by atoms with E-state index in [1.807, 2.05) is 13.8 Å². The van der Waals surface area contributed by atoms with Crippen LogP contribution in [0.2, 0.25) is 0 Å². The number of alkyl halides is 24. The van der Waals surface area contributed by atoms with Crippen molar-refractivity contribution in [2.75, 3.05) is 13.2 Å². The fraction of sp³-hybridized carbons (Fsp3) is 0.400. The molecule has 0 saturated carbocycles. The van der Waals surface area contributed by atoms with Crippen molar-refractivity contribution in [1.82, 2.24) is 0 Å². The molecule has 6 aromatic rings. The summed E-state index contributed by atoms with van der Waals surface area (Å²) in [6.45, 7) is 27.8. The van der Waals surface area contributed by atoms with E-state index in [2.05, 4.69) is 106 Å². The predicted octanol–water partition coefficient (Wildman–Crippen LogP) is 21.8. The van der Waals surface area contributed by atoms with Gasteiger partial charge in [0.05, 0.1) is 67.3 Å². The van der Waals surface area contributed by atoms with E-state index in [9.17, 15) is 105 Å². The van der Waals surface area contributed by atoms with E-state index in [-0.39, 0.29) is 27.8 Å². The molecule has 0 aliphatic heterocycles. The zero-order chi connectivity index (χ0) is 70.6. The molecule has 522 valence electrons. The molecule has 0 heterocycles. The van der Waals surface area contributed by atoms with Crippen LogP contribution in [0.1, 0.15) is 174 Å². The number of rotatable bonds is 13. The summed E-state index contributed by atoms with van der Waals surface area (Å²) in [7, 11) is 0. The molecule has 0 bridgehead atoms. The molecule has 0 N–H and O–H groups in total. The largest absolute Gasteiger partial charge is 2.00 e. The summed E-state index contributed by atoms with van der Waals surface area (Å²) in [6.07, 6.45) is -54.8. The van der Waals surface area contributed by atoms with Gasteiger partial charge in [0, 0.05) is 13.2 Å². The van der Waals surface area contributed by atoms with Crippen molar-refractivity contribution in [3.63, 3.8) is 0 Å². The monoisotopic (exact) mass is 1460 g/mol. The quantitative estimate of drug-likeness (QED) is 0.0491. The number of hydrogen-bond donors (Lipinski definition) is 0. The van der Waals surface area contributed by atoms with Gasteiger partial charge in [0.2, 0.25) is 0 Å². The first kappa shape index (κ1) is 83.8. The summed E-state index contributed by atoms with van der Waals surface area (Å²) < 4.78 is 346. The van der Waals surface area contributed by atoms with Crippen LogP contribution in [-0.4, -0.2) is 30.8 Å². The van der Waals surface area contributed by atoms with Gasteiger partial charge < -0.3 is 12.2 Å². The molecule has 6 rings (SSSR count). The zero-order valence-electron chi connectivity index (χ0n) is 52.4. The minimum absolute atomic E-state index is 0. The average Bonchev–Trinajstić information content (AvgIpc) is 0.708. The van der Waals surface area contributed by atoms with Crippen molar-refractivity contribution in [3.05, 3.63) is 183 Å². The molecule has 0 saturated heterocycles. The van der Waals surface area contributed by atoms with Crippen LogP contribution in [0.25, 0.3) is 0 Å². The Morgan fingerprint density at radius 2 is 0.489 bits per heavy atom. The fourth-order valence-corrected chi connectivity index (χ4v) is 10.1. The molecule has 0 unspecified atom stereocenters. The van der Waals surface area contributed by atoms with E-state index in [4.69, 9.17) is 14.7 Å². The van der Waals surface area contributed by atoms with Crippen LogP contribution >= 0.6 is 0 Å². The molecule has 0 aromatic heterocycles. The molecule has 0 aliphatic rings. The summed E-state index contributed by atoms with van der Waals surface area (Å²) in [5.41, 5.74) is -20.8. The van der Waals surface area contributed by atoms with Gasteiger partial charge in [0.1, 0.15) is 6.15 Å². The Kier molecular flexibility index (Phi) is 27.8. The Morgan fingerprint density at radius 3 is 0.606 bits per heavy atom. The predicted molar refractivity (Wildman–Crippen MR) is 313 cm³/mol. The third-order valence-electron chi connectivity index (χ3n) is 14.6. The SMILES string of the molecule is CC(=Nc1c(C(C)C)cccc1C(C)C)C(C)=Nc1c(C(C)C)cccc1C(C)C.CCOCC.FC(F)(F)c1cc([B-](c2cc(C(F)(F)F)cc(C(F)(F)F)c2)(c2cc(C(F)(F)F)cc(C(F)(F)F)c2)c2cc(C(F)(F)F)cc(C(F)(F)F)c2)cc(C(F)(F)F)c1.[CH3-].[Pd+2]. The van der Waals surface area contributed by atoms with Gasteiger partial charge in [-0.15, -0.1) is 0 Å². The van der Waals surface area contributed by atoms with Crippen molar-refractivity contribution in [2.24, 2.45) is 9.98 Å². The number of para-hydroxylation sites is 2. The average molecular weight is 1460 g/mol. The van der Waals surface area contributed by atoms with Crippen LogP contribution in [-0.2, 0) is 74.6 Å². The van der Waals surface area contributed by atoms with E-state index in [1.165, 1.54) is 22.3 Å². The third kappa shape index (κ3) is 20.8. The molecule has 0 fully saturated rings. The van der Waals surface area contributed by atoms with Crippen LogP contribution in [0.3, 0.4) is 0 Å². The first-order valence-corrected chi connectivity index (χ1v) is 28.0. The number of benzene rings is 6. The first-order chi connectivity index (χ1) is 41.7. The van der Waals surface area contributed by atoms with E-state index >= 15 is 0 Å². The molecule has 0 spiro atoms. The van der Waals surface area contributed by atoms with Gasteiger partial charge in [0.25, 0.3) is 0 Å². The number of aliphatic imine (C=N–C) groups is 2. The van der Waals surface area contributed by atoms with Gasteiger partial charge in [-0.1, -0.05) is 140 Å². The topological polar surface area (TPSA) is 34.0 Å². The summed E-state index contributed by atoms with van der Waals surface area (Å²) in [6, 6.07) is 4.34. The van der Waals surface area contributed by atoms with E-state index in [0.29, 0.717) is 23.7 Å². The third-order valence-corrected chi connectivity index (χ3v) is 14.6. The van der Waals surface area contributed by atoms with Crippen LogP contribution < -0.4 is 21.9 Å². The fourth-order valence-electron chi connectivity index (χ4n) is 10.1. The number of nitrogens with zero attached hydrogens (tertiary/aromatic N) is 2. The molecule has 29 heteroatoms. The van der Waals surface area contributed by atoms with Gasteiger partial charge in [0.15, 0.2) is 0 Å². The maximum Gasteiger partial charge on any atom is 2.00 e. The second-order valence-electron chi connectivity index (χ2n) is 22.6. The molecule has 0 aliphatic carbocycles. The Balaban J connectivity index is 0.000000681. The van der Waals surface area contributed by atoms with Crippen molar-refractivity contribution < 1.29 is 131 Å².